The van der Waals surface area contributed by atoms with Crippen LogP contribution in [0.4, 0.5) is 0 Å². The van der Waals surface area contributed by atoms with Gasteiger partial charge in [0.1, 0.15) is 12.4 Å². The monoisotopic (exact) mass is 744 g/mol. The van der Waals surface area contributed by atoms with Gasteiger partial charge < -0.3 is 18.9 Å². The lowest BCUT2D eigenvalue weighted by atomic mass is 9.96. The van der Waals surface area contributed by atoms with Gasteiger partial charge in [-0.25, -0.2) is 9.79 Å². The van der Waals surface area contributed by atoms with Gasteiger partial charge >= 0.3 is 5.97 Å². The van der Waals surface area contributed by atoms with Crippen molar-refractivity contribution in [2.75, 3.05) is 13.7 Å². The van der Waals surface area contributed by atoms with E-state index < -0.39 is 12.0 Å². The number of esters is 1. The van der Waals surface area contributed by atoms with Gasteiger partial charge in [-0.2, -0.15) is 0 Å². The van der Waals surface area contributed by atoms with Crippen molar-refractivity contribution in [1.29, 1.82) is 0 Å². The smallest absolute Gasteiger partial charge is 0.338 e. The number of fused-ring (bicyclic) bond motifs is 1. The molecule has 1 aliphatic heterocycles. The summed E-state index contributed by atoms with van der Waals surface area (Å²) in [5, 5.41) is 1.03. The number of allylic oxidation sites excluding steroid dienone is 1. The lowest BCUT2D eigenvalue weighted by Gasteiger charge is -2.25. The fourth-order valence-corrected chi connectivity index (χ4v) is 7.08. The van der Waals surface area contributed by atoms with Gasteiger partial charge in [0.15, 0.2) is 16.3 Å². The zero-order valence-electron chi connectivity index (χ0n) is 25.7. The second-order valence-electron chi connectivity index (χ2n) is 10.6. The van der Waals surface area contributed by atoms with E-state index in [0.29, 0.717) is 64.5 Å². The van der Waals surface area contributed by atoms with Crippen molar-refractivity contribution in [1.82, 2.24) is 4.57 Å². The highest BCUT2D eigenvalue weighted by Gasteiger charge is 2.34. The maximum absolute atomic E-state index is 14.1. The fourth-order valence-electron chi connectivity index (χ4n) is 4.99. The first-order valence-corrected chi connectivity index (χ1v) is 16.8. The van der Waals surface area contributed by atoms with Crippen molar-refractivity contribution in [3.8, 4) is 17.2 Å². The molecule has 0 N–H and O–H groups in total. The Morgan fingerprint density at radius 2 is 1.85 bits per heavy atom. The molecule has 0 spiro atoms. The Morgan fingerprint density at radius 3 is 2.50 bits per heavy atom. The third kappa shape index (κ3) is 7.20. The summed E-state index contributed by atoms with van der Waals surface area (Å²) in [6.45, 7) is 7.94. The van der Waals surface area contributed by atoms with Gasteiger partial charge in [0.05, 0.1) is 46.1 Å². The number of carbonyl (C=O) groups excluding carboxylic acids is 1. The van der Waals surface area contributed by atoms with Gasteiger partial charge in [-0.15, -0.1) is 0 Å². The molecule has 0 saturated heterocycles. The highest BCUT2D eigenvalue weighted by molar-refractivity contribution is 9.10. The van der Waals surface area contributed by atoms with Crippen LogP contribution in [-0.4, -0.2) is 30.4 Å². The first-order valence-electron chi connectivity index (χ1n) is 14.4. The number of ether oxygens (including phenoxy) is 4. The van der Waals surface area contributed by atoms with Crippen LogP contribution in [0.1, 0.15) is 50.4 Å². The zero-order valence-corrected chi connectivity index (χ0v) is 29.6. The van der Waals surface area contributed by atoms with Crippen LogP contribution in [0.3, 0.4) is 0 Å². The number of methoxy groups -OCH3 is 1. The Morgan fingerprint density at radius 1 is 1.11 bits per heavy atom. The molecule has 0 fully saturated rings. The molecule has 0 bridgehead atoms. The van der Waals surface area contributed by atoms with Gasteiger partial charge in [-0.3, -0.25) is 9.36 Å². The molecule has 46 heavy (non-hydrogen) atoms. The number of thiazole rings is 1. The molecular formula is C34H31BrCl2N2O6S. The van der Waals surface area contributed by atoms with Crippen LogP contribution in [-0.2, 0) is 16.1 Å². The number of benzene rings is 3. The summed E-state index contributed by atoms with van der Waals surface area (Å²) >= 11 is 17.2. The van der Waals surface area contributed by atoms with E-state index in [1.165, 1.54) is 11.3 Å². The molecule has 5 rings (SSSR count). The number of halogens is 3. The molecule has 0 amide bonds. The van der Waals surface area contributed by atoms with Crippen molar-refractivity contribution in [3.63, 3.8) is 0 Å². The Labute approximate surface area is 288 Å². The number of nitrogens with zero attached hydrogens (tertiary/aromatic N) is 2. The summed E-state index contributed by atoms with van der Waals surface area (Å²) in [6.07, 6.45) is 1.42. The lowest BCUT2D eigenvalue weighted by molar-refractivity contribution is -0.143. The Balaban J connectivity index is 1.56. The average Bonchev–Trinajstić information content (AvgIpc) is 3.30. The van der Waals surface area contributed by atoms with E-state index in [0.717, 1.165) is 11.1 Å². The third-order valence-corrected chi connectivity index (χ3v) is 9.19. The number of carbonyl (C=O) groups is 1. The predicted octanol–water partition coefficient (Wildman–Crippen LogP) is 7.24. The minimum atomic E-state index is -0.739. The largest absolute Gasteiger partial charge is 0.494 e. The Hall–Kier alpha value is -3.57. The molecule has 0 aliphatic carbocycles. The van der Waals surface area contributed by atoms with E-state index in [1.807, 2.05) is 37.3 Å². The summed E-state index contributed by atoms with van der Waals surface area (Å²) in [6, 6.07) is 15.4. The van der Waals surface area contributed by atoms with Crippen LogP contribution in [0.25, 0.3) is 6.08 Å². The fraction of sp³-hybridized carbons (Fsp3) is 0.265. The normalized spacial score (nSPS) is 14.6. The van der Waals surface area contributed by atoms with E-state index >= 15 is 0 Å². The minimum absolute atomic E-state index is 0.190. The van der Waals surface area contributed by atoms with Crippen molar-refractivity contribution in [2.24, 2.45) is 4.99 Å². The van der Waals surface area contributed by atoms with Gasteiger partial charge in [0.25, 0.3) is 5.56 Å². The lowest BCUT2D eigenvalue weighted by Crippen LogP contribution is -2.40. The molecule has 0 radical (unpaired) electrons. The van der Waals surface area contributed by atoms with Gasteiger partial charge in [-0.1, -0.05) is 52.7 Å². The summed E-state index contributed by atoms with van der Waals surface area (Å²) in [4.78, 5) is 32.6. The summed E-state index contributed by atoms with van der Waals surface area (Å²) in [7, 11) is 1.54. The first-order chi connectivity index (χ1) is 22.0. The number of rotatable bonds is 10. The first kappa shape index (κ1) is 33.8. The van der Waals surface area contributed by atoms with E-state index in [-0.39, 0.29) is 18.3 Å². The molecule has 3 aromatic carbocycles. The topological polar surface area (TPSA) is 88.4 Å². The van der Waals surface area contributed by atoms with Crippen LogP contribution in [0.5, 0.6) is 17.2 Å². The molecule has 8 nitrogen and oxygen atoms in total. The highest BCUT2D eigenvalue weighted by atomic mass is 79.9. The molecule has 4 aromatic rings. The molecule has 240 valence electrons. The molecule has 12 heteroatoms. The zero-order chi connectivity index (χ0) is 33.1. The number of hydrogen-bond acceptors (Lipinski definition) is 8. The van der Waals surface area contributed by atoms with Crippen LogP contribution < -0.4 is 29.1 Å². The van der Waals surface area contributed by atoms with Crippen LogP contribution in [0, 0.1) is 0 Å². The molecule has 1 atom stereocenters. The van der Waals surface area contributed by atoms with Gasteiger partial charge in [0.2, 0.25) is 0 Å². The quantitative estimate of drug-likeness (QED) is 0.159. The maximum Gasteiger partial charge on any atom is 0.338 e. The average molecular weight is 747 g/mol. The van der Waals surface area contributed by atoms with Crippen molar-refractivity contribution >= 4 is 62.5 Å². The second kappa shape index (κ2) is 14.5. The maximum atomic E-state index is 14.1. The van der Waals surface area contributed by atoms with Crippen LogP contribution in [0.2, 0.25) is 10.0 Å². The molecule has 2 heterocycles. The van der Waals surface area contributed by atoms with Crippen LogP contribution in [0.15, 0.2) is 80.1 Å². The standard InChI is InChI=1S/C34H31BrCl2N2O6S/c1-6-43-24-11-8-21(9-12-24)30-29(33(41)45-18(2)3)19(4)38-34-39(30)32(40)28(46-34)15-20-13-25(35)31(27(14-20)42-5)44-17-22-7-10-23(36)16-26(22)37/h7-16,18,30H,6,17H2,1-5H3/b28-15+/t30-/m1/s1. The van der Waals surface area contributed by atoms with E-state index in [1.54, 1.807) is 62.8 Å². The van der Waals surface area contributed by atoms with E-state index in [9.17, 15) is 9.59 Å². The van der Waals surface area contributed by atoms with Gasteiger partial charge in [-0.05, 0) is 97.2 Å². The molecular weight excluding hydrogens is 715 g/mol. The van der Waals surface area contributed by atoms with Crippen molar-refractivity contribution < 1.29 is 23.7 Å². The second-order valence-corrected chi connectivity index (χ2v) is 13.3. The van der Waals surface area contributed by atoms with E-state index in [2.05, 4.69) is 20.9 Å². The van der Waals surface area contributed by atoms with E-state index in [4.69, 9.17) is 42.1 Å². The minimum Gasteiger partial charge on any atom is -0.494 e. The Kier molecular flexibility index (Phi) is 10.6. The van der Waals surface area contributed by atoms with Crippen molar-refractivity contribution in [3.05, 3.63) is 117 Å². The van der Waals surface area contributed by atoms with Crippen molar-refractivity contribution in [2.45, 2.75) is 46.4 Å². The molecule has 1 aliphatic rings. The SMILES string of the molecule is CCOc1ccc([C@@H]2C(C(=O)OC(C)C)=C(C)N=c3s/c(=C/c4cc(Br)c(OCc5ccc(Cl)cc5Cl)c(OC)c4)c(=O)n32)cc1. The predicted molar refractivity (Wildman–Crippen MR) is 184 cm³/mol. The molecule has 0 saturated carbocycles. The summed E-state index contributed by atoms with van der Waals surface area (Å²) < 4.78 is 25.5. The van der Waals surface area contributed by atoms with Crippen LogP contribution >= 0.6 is 50.5 Å². The molecule has 1 aromatic heterocycles. The summed E-state index contributed by atoms with van der Waals surface area (Å²) in [5.41, 5.74) is 2.69. The van der Waals surface area contributed by atoms with Gasteiger partial charge in [0, 0.05) is 15.6 Å². The highest BCUT2D eigenvalue weighted by Crippen LogP contribution is 2.38. The number of aromatic nitrogens is 1. The third-order valence-electron chi connectivity index (χ3n) is 7.03. The summed E-state index contributed by atoms with van der Waals surface area (Å²) in [5.74, 6) is 1.11. The molecule has 0 unspecified atom stereocenters. The number of hydrogen-bond donors (Lipinski definition) is 0. The Bertz CT molecular complexity index is 2000.